The lowest BCUT2D eigenvalue weighted by Gasteiger charge is -2.16. The summed E-state index contributed by atoms with van der Waals surface area (Å²) in [7, 11) is 3.26. The molecule has 0 saturated heterocycles. The third-order valence-corrected chi connectivity index (χ3v) is 4.57. The largest absolute Gasteiger partial charge is 0.383 e. The molecule has 0 aliphatic heterocycles. The van der Waals surface area contributed by atoms with Crippen LogP contribution in [0, 0.1) is 0 Å². The van der Waals surface area contributed by atoms with Crippen molar-refractivity contribution in [3.05, 3.63) is 49.0 Å². The van der Waals surface area contributed by atoms with Gasteiger partial charge in [-0.2, -0.15) is 5.10 Å². The van der Waals surface area contributed by atoms with Crippen LogP contribution in [0.2, 0.25) is 0 Å². The Labute approximate surface area is 140 Å². The first-order valence-electron chi connectivity index (χ1n) is 6.58. The van der Waals surface area contributed by atoms with Crippen LogP contribution in [0.4, 0.5) is 0 Å². The molecule has 0 radical (unpaired) electrons. The number of aromatic nitrogens is 2. The van der Waals surface area contributed by atoms with Gasteiger partial charge in [0.2, 0.25) is 0 Å². The first kappa shape index (κ1) is 16.9. The van der Waals surface area contributed by atoms with Crippen LogP contribution in [0.1, 0.15) is 15.4 Å². The third kappa shape index (κ3) is 4.25. The molecular weight excluding hydrogens is 370 g/mol. The summed E-state index contributed by atoms with van der Waals surface area (Å²) in [5.74, 6) is -0.226. The van der Waals surface area contributed by atoms with Crippen LogP contribution >= 0.6 is 27.3 Å². The predicted molar refractivity (Wildman–Crippen MR) is 88.2 cm³/mol. The second-order valence-electron chi connectivity index (χ2n) is 4.64. The molecule has 6 nitrogen and oxygen atoms in total. The summed E-state index contributed by atoms with van der Waals surface area (Å²) in [6, 6.07) is 6.72. The average Bonchev–Trinajstić information content (AvgIpc) is 2.90. The molecule has 0 N–H and O–H groups in total. The molecule has 2 aromatic heterocycles. The number of carbonyl (C=O) groups excluding carboxylic acids is 1. The number of amides is 1. The molecule has 8 heteroatoms. The maximum Gasteiger partial charge on any atom is 0.274 e. The number of nitrogens with zero attached hydrogens (tertiary/aromatic N) is 3. The molecule has 1 amide bonds. The maximum absolute atomic E-state index is 12.4. The van der Waals surface area contributed by atoms with Gasteiger partial charge in [0.05, 0.1) is 23.5 Å². The van der Waals surface area contributed by atoms with Gasteiger partial charge in [0, 0.05) is 25.1 Å². The van der Waals surface area contributed by atoms with Crippen molar-refractivity contribution in [2.75, 3.05) is 20.8 Å². The Hall–Kier alpha value is -1.51. The first-order chi connectivity index (χ1) is 10.5. The van der Waals surface area contributed by atoms with E-state index in [2.05, 4.69) is 21.0 Å². The Morgan fingerprint density at radius 1 is 1.41 bits per heavy atom. The summed E-state index contributed by atoms with van der Waals surface area (Å²) < 4.78 is 7.20. The van der Waals surface area contributed by atoms with E-state index in [1.165, 1.54) is 16.8 Å². The summed E-state index contributed by atoms with van der Waals surface area (Å²) in [5, 5.41) is 4.10. The van der Waals surface area contributed by atoms with E-state index in [4.69, 9.17) is 4.74 Å². The van der Waals surface area contributed by atoms with Crippen LogP contribution in [-0.2, 0) is 17.8 Å². The van der Waals surface area contributed by atoms with E-state index in [-0.39, 0.29) is 17.2 Å². The molecule has 0 aromatic carbocycles. The fourth-order valence-corrected chi connectivity index (χ4v) is 3.38. The van der Waals surface area contributed by atoms with Gasteiger partial charge < -0.3 is 9.64 Å². The van der Waals surface area contributed by atoms with Crippen LogP contribution in [0.5, 0.6) is 0 Å². The minimum Gasteiger partial charge on any atom is -0.383 e. The smallest absolute Gasteiger partial charge is 0.274 e. The summed E-state index contributed by atoms with van der Waals surface area (Å²) >= 11 is 4.97. The van der Waals surface area contributed by atoms with Crippen LogP contribution < -0.4 is 5.56 Å². The third-order valence-electron chi connectivity index (χ3n) is 2.96. The SMILES string of the molecule is COCCn1nc(C(=O)N(C)Cc2ccc(Br)s2)ccc1=O. The van der Waals surface area contributed by atoms with Gasteiger partial charge in [-0.1, -0.05) is 0 Å². The zero-order chi connectivity index (χ0) is 16.1. The zero-order valence-corrected chi connectivity index (χ0v) is 14.7. The molecule has 0 spiro atoms. The fourth-order valence-electron chi connectivity index (χ4n) is 1.84. The molecular formula is C14H16BrN3O3S. The number of hydrogen-bond acceptors (Lipinski definition) is 5. The Bertz CT molecular complexity index is 713. The predicted octanol–water partition coefficient (Wildman–Crippen LogP) is 1.99. The topological polar surface area (TPSA) is 64.4 Å². The van der Waals surface area contributed by atoms with E-state index < -0.39 is 0 Å². The van der Waals surface area contributed by atoms with E-state index in [1.807, 2.05) is 12.1 Å². The molecule has 0 atom stereocenters. The monoisotopic (exact) mass is 385 g/mol. The number of carbonyl (C=O) groups is 1. The normalized spacial score (nSPS) is 10.7. The van der Waals surface area contributed by atoms with E-state index in [9.17, 15) is 9.59 Å². The van der Waals surface area contributed by atoms with Crippen LogP contribution in [0.25, 0.3) is 0 Å². The highest BCUT2D eigenvalue weighted by Crippen LogP contribution is 2.23. The fraction of sp³-hybridized carbons (Fsp3) is 0.357. The molecule has 0 bridgehead atoms. The summed E-state index contributed by atoms with van der Waals surface area (Å²) in [6.45, 7) is 1.18. The Balaban J connectivity index is 2.12. The van der Waals surface area contributed by atoms with E-state index in [0.29, 0.717) is 19.7 Å². The van der Waals surface area contributed by atoms with E-state index >= 15 is 0 Å². The highest BCUT2D eigenvalue weighted by atomic mass is 79.9. The maximum atomic E-state index is 12.4. The van der Waals surface area contributed by atoms with Crippen molar-refractivity contribution >= 4 is 33.2 Å². The van der Waals surface area contributed by atoms with Crippen molar-refractivity contribution < 1.29 is 9.53 Å². The van der Waals surface area contributed by atoms with E-state index in [1.54, 1.807) is 30.4 Å². The minimum absolute atomic E-state index is 0.226. The number of rotatable bonds is 6. The number of ether oxygens (including phenoxy) is 1. The molecule has 0 fully saturated rings. The average molecular weight is 386 g/mol. The number of halogens is 1. The van der Waals surface area contributed by atoms with Crippen molar-refractivity contribution in [3.8, 4) is 0 Å². The van der Waals surface area contributed by atoms with Crippen molar-refractivity contribution in [1.29, 1.82) is 0 Å². The number of thiophene rings is 1. The van der Waals surface area contributed by atoms with Gasteiger partial charge in [-0.15, -0.1) is 11.3 Å². The van der Waals surface area contributed by atoms with Gasteiger partial charge in [-0.25, -0.2) is 4.68 Å². The molecule has 2 rings (SSSR count). The van der Waals surface area contributed by atoms with Gasteiger partial charge in [0.25, 0.3) is 11.5 Å². The van der Waals surface area contributed by atoms with Crippen LogP contribution in [-0.4, -0.2) is 41.4 Å². The second kappa shape index (κ2) is 7.66. The lowest BCUT2D eigenvalue weighted by Crippen LogP contribution is -2.31. The molecule has 2 aromatic rings. The molecule has 22 heavy (non-hydrogen) atoms. The van der Waals surface area contributed by atoms with Gasteiger partial charge in [-0.05, 0) is 34.1 Å². The molecule has 2 heterocycles. The molecule has 0 aliphatic rings. The summed E-state index contributed by atoms with van der Waals surface area (Å²) in [5.41, 5.74) is -0.00716. The second-order valence-corrected chi connectivity index (χ2v) is 7.19. The van der Waals surface area contributed by atoms with E-state index in [0.717, 1.165) is 8.66 Å². The highest BCUT2D eigenvalue weighted by molar-refractivity contribution is 9.11. The van der Waals surface area contributed by atoms with Gasteiger partial charge in [0.15, 0.2) is 0 Å². The highest BCUT2D eigenvalue weighted by Gasteiger charge is 2.15. The molecule has 0 saturated carbocycles. The van der Waals surface area contributed by atoms with Crippen molar-refractivity contribution in [1.82, 2.24) is 14.7 Å². The van der Waals surface area contributed by atoms with Crippen molar-refractivity contribution in [2.24, 2.45) is 0 Å². The van der Waals surface area contributed by atoms with Gasteiger partial charge in [-0.3, -0.25) is 9.59 Å². The first-order valence-corrected chi connectivity index (χ1v) is 8.19. The lowest BCUT2D eigenvalue weighted by molar-refractivity contribution is 0.0776. The van der Waals surface area contributed by atoms with Crippen LogP contribution in [0.15, 0.2) is 32.8 Å². The molecule has 118 valence electrons. The Kier molecular flexibility index (Phi) is 5.87. The molecule has 0 aliphatic carbocycles. The standard InChI is InChI=1S/C14H16BrN3O3S/c1-17(9-10-3-5-12(15)22-10)14(20)11-4-6-13(19)18(16-11)7-8-21-2/h3-6H,7-9H2,1-2H3. The quantitative estimate of drug-likeness (QED) is 0.762. The zero-order valence-electron chi connectivity index (χ0n) is 12.3. The van der Waals surface area contributed by atoms with Gasteiger partial charge >= 0.3 is 0 Å². The van der Waals surface area contributed by atoms with Crippen molar-refractivity contribution in [3.63, 3.8) is 0 Å². The van der Waals surface area contributed by atoms with Gasteiger partial charge in [0.1, 0.15) is 5.69 Å². The summed E-state index contributed by atoms with van der Waals surface area (Å²) in [4.78, 5) is 26.7. The Morgan fingerprint density at radius 3 is 2.82 bits per heavy atom. The molecule has 0 unspecified atom stereocenters. The number of hydrogen-bond donors (Lipinski definition) is 0. The van der Waals surface area contributed by atoms with Crippen LogP contribution in [0.3, 0.4) is 0 Å². The Morgan fingerprint density at radius 2 is 2.18 bits per heavy atom. The lowest BCUT2D eigenvalue weighted by atomic mass is 10.3. The summed E-state index contributed by atoms with van der Waals surface area (Å²) in [6.07, 6.45) is 0. The minimum atomic E-state index is -0.251. The number of methoxy groups -OCH3 is 1. The van der Waals surface area contributed by atoms with Crippen molar-refractivity contribution in [2.45, 2.75) is 13.1 Å².